The lowest BCUT2D eigenvalue weighted by Crippen LogP contribution is -2.08. The minimum Gasteiger partial charge on any atom is -0.377 e. The highest BCUT2D eigenvalue weighted by Gasteiger charge is 2.25. The summed E-state index contributed by atoms with van der Waals surface area (Å²) in [5.74, 6) is 0. The molecule has 0 unspecified atom stereocenters. The Hall–Kier alpha value is -1.15. The zero-order valence-corrected chi connectivity index (χ0v) is 11.3. The molecule has 0 radical (unpaired) electrons. The van der Waals surface area contributed by atoms with Gasteiger partial charge in [-0.25, -0.2) is 0 Å². The van der Waals surface area contributed by atoms with Crippen LogP contribution in [0.3, 0.4) is 0 Å². The molecule has 0 spiro atoms. The van der Waals surface area contributed by atoms with Crippen molar-refractivity contribution in [2.24, 2.45) is 0 Å². The molecule has 0 N–H and O–H groups in total. The van der Waals surface area contributed by atoms with Crippen LogP contribution in [-0.2, 0) is 11.3 Å². The second-order valence-electron chi connectivity index (χ2n) is 3.81. The predicted molar refractivity (Wildman–Crippen MR) is 65.7 cm³/mol. The topological polar surface area (TPSA) is 52.4 Å². The lowest BCUT2D eigenvalue weighted by molar-refractivity contribution is -0.385. The third kappa shape index (κ3) is 6.02. The molecule has 0 saturated heterocycles. The molecule has 0 bridgehead atoms. The monoisotopic (exact) mass is 341 g/mol. The molecule has 0 heterocycles. The second-order valence-corrected chi connectivity index (χ2v) is 4.67. The van der Waals surface area contributed by atoms with Crippen LogP contribution in [0.4, 0.5) is 18.9 Å². The minimum atomic E-state index is -4.18. The minimum absolute atomic E-state index is 0.0383. The molecule has 19 heavy (non-hydrogen) atoms. The van der Waals surface area contributed by atoms with E-state index in [9.17, 15) is 23.3 Å². The van der Waals surface area contributed by atoms with Gasteiger partial charge in [0.05, 0.1) is 16.0 Å². The Kier molecular flexibility index (Phi) is 5.74. The zero-order valence-electron chi connectivity index (χ0n) is 9.74. The van der Waals surface area contributed by atoms with Crippen molar-refractivity contribution in [3.63, 3.8) is 0 Å². The smallest absolute Gasteiger partial charge is 0.377 e. The molecule has 0 amide bonds. The van der Waals surface area contributed by atoms with E-state index in [1.807, 2.05) is 0 Å². The van der Waals surface area contributed by atoms with Crippen LogP contribution in [0.2, 0.25) is 0 Å². The van der Waals surface area contributed by atoms with E-state index in [1.54, 1.807) is 6.07 Å². The highest BCUT2D eigenvalue weighted by molar-refractivity contribution is 9.10. The highest BCUT2D eigenvalue weighted by Crippen LogP contribution is 2.26. The number of nitrogens with zero attached hydrogens (tertiary/aromatic N) is 1. The summed E-state index contributed by atoms with van der Waals surface area (Å²) in [6.07, 6.45) is -5.20. The fourth-order valence-electron chi connectivity index (χ4n) is 1.35. The van der Waals surface area contributed by atoms with Crippen LogP contribution in [0.5, 0.6) is 0 Å². The Balaban J connectivity index is 2.42. The molecule has 8 heteroatoms. The zero-order chi connectivity index (χ0) is 14.5. The lowest BCUT2D eigenvalue weighted by atomic mass is 10.2. The van der Waals surface area contributed by atoms with Gasteiger partial charge in [-0.3, -0.25) is 10.1 Å². The van der Waals surface area contributed by atoms with Crippen LogP contribution in [0, 0.1) is 10.1 Å². The normalized spacial score (nSPS) is 11.6. The fraction of sp³-hybridized carbons (Fsp3) is 0.455. The van der Waals surface area contributed by atoms with Crippen LogP contribution >= 0.6 is 15.9 Å². The van der Waals surface area contributed by atoms with Gasteiger partial charge in [-0.2, -0.15) is 13.2 Å². The number of hydrogen-bond acceptors (Lipinski definition) is 3. The molecule has 0 fully saturated rings. The van der Waals surface area contributed by atoms with Gasteiger partial charge in [-0.1, -0.05) is 6.07 Å². The van der Waals surface area contributed by atoms with Crippen LogP contribution in [0.25, 0.3) is 0 Å². The summed E-state index contributed by atoms with van der Waals surface area (Å²) in [5.41, 5.74) is 0.443. The third-order valence-electron chi connectivity index (χ3n) is 2.22. The van der Waals surface area contributed by atoms with Gasteiger partial charge >= 0.3 is 6.18 Å². The van der Waals surface area contributed by atoms with Gasteiger partial charge in [0.2, 0.25) is 0 Å². The second kappa shape index (κ2) is 6.85. The third-order valence-corrected chi connectivity index (χ3v) is 2.90. The van der Waals surface area contributed by atoms with Gasteiger partial charge in [-0.05, 0) is 34.0 Å². The molecule has 0 aliphatic rings. The largest absolute Gasteiger partial charge is 0.389 e. The Bertz CT molecular complexity index is 451. The van der Waals surface area contributed by atoms with Crippen molar-refractivity contribution in [3.05, 3.63) is 38.3 Å². The summed E-state index contributed by atoms with van der Waals surface area (Å²) in [6.45, 7) is 0.00927. The van der Waals surface area contributed by atoms with Crippen molar-refractivity contribution < 1.29 is 22.8 Å². The predicted octanol–water partition coefficient (Wildman–Crippen LogP) is 4.22. The van der Waals surface area contributed by atoms with E-state index in [0.717, 1.165) is 0 Å². The van der Waals surface area contributed by atoms with Crippen molar-refractivity contribution in [2.75, 3.05) is 6.61 Å². The Morgan fingerprint density at radius 1 is 1.37 bits per heavy atom. The molecule has 0 atom stereocenters. The summed E-state index contributed by atoms with van der Waals surface area (Å²) < 4.78 is 41.0. The van der Waals surface area contributed by atoms with E-state index >= 15 is 0 Å². The van der Waals surface area contributed by atoms with E-state index in [0.29, 0.717) is 10.0 Å². The molecule has 106 valence electrons. The summed E-state index contributed by atoms with van der Waals surface area (Å²) >= 11 is 3.04. The van der Waals surface area contributed by atoms with Crippen LogP contribution < -0.4 is 0 Å². The Labute approximate surface area is 115 Å². The molecule has 0 aliphatic carbocycles. The molecular weight excluding hydrogens is 331 g/mol. The standard InChI is InChI=1S/C11H11BrF3NO3/c12-9-3-2-8(6-10(9)16(17)18)7-19-5-1-4-11(13,14)15/h2-3,6H,1,4-5,7H2. The summed E-state index contributed by atoms with van der Waals surface area (Å²) in [4.78, 5) is 10.1. The first kappa shape index (κ1) is 15.9. The SMILES string of the molecule is O=[N+]([O-])c1cc(COCCCC(F)(F)F)ccc1Br. The molecule has 0 saturated carbocycles. The van der Waals surface area contributed by atoms with Crippen LogP contribution in [0.15, 0.2) is 22.7 Å². The number of benzene rings is 1. The van der Waals surface area contributed by atoms with Crippen LogP contribution in [-0.4, -0.2) is 17.7 Å². The van der Waals surface area contributed by atoms with Crippen molar-refractivity contribution >= 4 is 21.6 Å². The maximum Gasteiger partial charge on any atom is 0.389 e. The molecular formula is C11H11BrF3NO3. The number of rotatable bonds is 6. The van der Waals surface area contributed by atoms with Crippen molar-refractivity contribution in [2.45, 2.75) is 25.6 Å². The van der Waals surface area contributed by atoms with Gasteiger partial charge in [0.1, 0.15) is 0 Å². The number of ether oxygens (including phenoxy) is 1. The van der Waals surface area contributed by atoms with Gasteiger partial charge in [-0.15, -0.1) is 0 Å². The lowest BCUT2D eigenvalue weighted by Gasteiger charge is -2.07. The first-order valence-electron chi connectivity index (χ1n) is 5.37. The van der Waals surface area contributed by atoms with E-state index in [1.165, 1.54) is 12.1 Å². The van der Waals surface area contributed by atoms with Crippen molar-refractivity contribution in [3.8, 4) is 0 Å². The quantitative estimate of drug-likeness (QED) is 0.442. The number of hydrogen-bond donors (Lipinski definition) is 0. The number of halogens is 4. The van der Waals surface area contributed by atoms with Gasteiger partial charge in [0.25, 0.3) is 5.69 Å². The van der Waals surface area contributed by atoms with Crippen LogP contribution in [0.1, 0.15) is 18.4 Å². The van der Waals surface area contributed by atoms with Gasteiger partial charge in [0, 0.05) is 19.1 Å². The van der Waals surface area contributed by atoms with Gasteiger partial charge in [0.15, 0.2) is 0 Å². The molecule has 1 rings (SSSR count). The molecule has 0 aromatic heterocycles. The average molecular weight is 342 g/mol. The average Bonchev–Trinajstić information content (AvgIpc) is 2.29. The molecule has 4 nitrogen and oxygen atoms in total. The van der Waals surface area contributed by atoms with E-state index in [2.05, 4.69) is 15.9 Å². The van der Waals surface area contributed by atoms with Crippen molar-refractivity contribution in [1.82, 2.24) is 0 Å². The van der Waals surface area contributed by atoms with E-state index in [-0.39, 0.29) is 25.3 Å². The van der Waals surface area contributed by atoms with Crippen molar-refractivity contribution in [1.29, 1.82) is 0 Å². The number of alkyl halides is 3. The maximum absolute atomic E-state index is 11.9. The van der Waals surface area contributed by atoms with E-state index in [4.69, 9.17) is 4.74 Å². The summed E-state index contributed by atoms with van der Waals surface area (Å²) in [7, 11) is 0. The highest BCUT2D eigenvalue weighted by atomic mass is 79.9. The number of nitro benzene ring substituents is 1. The van der Waals surface area contributed by atoms with E-state index < -0.39 is 17.5 Å². The first-order chi connectivity index (χ1) is 8.79. The Morgan fingerprint density at radius 3 is 2.63 bits per heavy atom. The summed E-state index contributed by atoms with van der Waals surface area (Å²) in [5, 5.41) is 10.7. The molecule has 0 aliphatic heterocycles. The molecule has 1 aromatic carbocycles. The number of nitro groups is 1. The van der Waals surface area contributed by atoms with Gasteiger partial charge < -0.3 is 4.74 Å². The first-order valence-corrected chi connectivity index (χ1v) is 6.16. The maximum atomic E-state index is 11.9. The Morgan fingerprint density at radius 2 is 2.05 bits per heavy atom. The summed E-state index contributed by atoms with van der Waals surface area (Å²) in [6, 6.07) is 4.45. The fourth-order valence-corrected chi connectivity index (χ4v) is 1.74. The molecule has 1 aromatic rings.